The second-order valence-corrected chi connectivity index (χ2v) is 4.65. The highest BCUT2D eigenvalue weighted by Crippen LogP contribution is 2.42. The van der Waals surface area contributed by atoms with E-state index in [0.717, 1.165) is 0 Å². The number of nitrogens with one attached hydrogen (secondary N) is 1. The number of benzene rings is 1. The van der Waals surface area contributed by atoms with Crippen LogP contribution in [0, 0.1) is 5.92 Å². The Labute approximate surface area is 109 Å². The average molecular weight is 272 g/mol. The monoisotopic (exact) mass is 271 g/mol. The zero-order valence-corrected chi connectivity index (χ0v) is 10.6. The van der Waals surface area contributed by atoms with Crippen LogP contribution in [0.25, 0.3) is 0 Å². The maximum atomic E-state index is 10.9. The topological polar surface area (TPSA) is 78.8 Å². The van der Waals surface area contributed by atoms with Crippen molar-refractivity contribution in [2.24, 2.45) is 5.92 Å². The van der Waals surface area contributed by atoms with Crippen LogP contribution in [0.1, 0.15) is 18.0 Å². The molecule has 2 atom stereocenters. The Morgan fingerprint density at radius 2 is 2.28 bits per heavy atom. The number of aliphatic carboxylic acids is 1. The Hall–Kier alpha value is -1.46. The third-order valence-electron chi connectivity index (χ3n) is 3.15. The molecule has 0 saturated carbocycles. The van der Waals surface area contributed by atoms with Gasteiger partial charge in [0.05, 0.1) is 13.0 Å². The van der Waals surface area contributed by atoms with Crippen LogP contribution in [0.15, 0.2) is 12.1 Å². The lowest BCUT2D eigenvalue weighted by Gasteiger charge is -2.17. The Balaban J connectivity index is 2.34. The van der Waals surface area contributed by atoms with Gasteiger partial charge in [0.15, 0.2) is 11.5 Å². The quantitative estimate of drug-likeness (QED) is 0.781. The summed E-state index contributed by atoms with van der Waals surface area (Å²) in [6.07, 6.45) is 0.425. The summed E-state index contributed by atoms with van der Waals surface area (Å²) in [4.78, 5) is 10.9. The van der Waals surface area contributed by atoms with E-state index in [2.05, 4.69) is 5.32 Å². The summed E-state index contributed by atoms with van der Waals surface area (Å²) < 4.78 is 5.14. The first-order chi connectivity index (χ1) is 8.54. The number of carboxylic acid groups (broad SMARTS) is 1. The first kappa shape index (κ1) is 13.0. The fourth-order valence-electron chi connectivity index (χ4n) is 2.25. The van der Waals surface area contributed by atoms with Crippen molar-refractivity contribution in [3.63, 3.8) is 0 Å². The van der Waals surface area contributed by atoms with Gasteiger partial charge < -0.3 is 20.3 Å². The minimum absolute atomic E-state index is 0.00234. The van der Waals surface area contributed by atoms with Crippen molar-refractivity contribution in [3.8, 4) is 11.5 Å². The third kappa shape index (κ3) is 2.23. The molecule has 1 aliphatic rings. The van der Waals surface area contributed by atoms with Gasteiger partial charge in [-0.2, -0.15) is 0 Å². The van der Waals surface area contributed by atoms with E-state index in [1.807, 2.05) is 0 Å². The summed E-state index contributed by atoms with van der Waals surface area (Å²) in [5, 5.41) is 22.2. The van der Waals surface area contributed by atoms with Crippen molar-refractivity contribution in [1.82, 2.24) is 5.32 Å². The van der Waals surface area contributed by atoms with Gasteiger partial charge in [0.25, 0.3) is 0 Å². The van der Waals surface area contributed by atoms with Crippen molar-refractivity contribution in [2.75, 3.05) is 13.7 Å². The van der Waals surface area contributed by atoms with Crippen molar-refractivity contribution < 1.29 is 19.7 Å². The molecule has 5 nitrogen and oxygen atoms in total. The summed E-state index contributed by atoms with van der Waals surface area (Å²) >= 11 is 6.11. The van der Waals surface area contributed by atoms with Crippen LogP contribution in [0.2, 0.25) is 5.02 Å². The molecule has 1 saturated heterocycles. The molecule has 18 heavy (non-hydrogen) atoms. The molecule has 6 heteroatoms. The highest BCUT2D eigenvalue weighted by molar-refractivity contribution is 6.31. The predicted molar refractivity (Wildman–Crippen MR) is 66.2 cm³/mol. The first-order valence-corrected chi connectivity index (χ1v) is 5.94. The van der Waals surface area contributed by atoms with E-state index in [1.54, 1.807) is 6.07 Å². The molecule has 1 aliphatic heterocycles. The molecule has 1 heterocycles. The summed E-state index contributed by atoms with van der Waals surface area (Å²) in [5.41, 5.74) is 0.614. The SMILES string of the molecule is COc1c(O)ccc(Cl)c1C1CC(C(=O)O)CN1. The van der Waals surface area contributed by atoms with Gasteiger partial charge in [0.2, 0.25) is 0 Å². The lowest BCUT2D eigenvalue weighted by atomic mass is 9.99. The molecule has 0 radical (unpaired) electrons. The van der Waals surface area contributed by atoms with Crippen LogP contribution in [0.5, 0.6) is 11.5 Å². The van der Waals surface area contributed by atoms with E-state index in [9.17, 15) is 9.90 Å². The van der Waals surface area contributed by atoms with Gasteiger partial charge in [-0.1, -0.05) is 11.6 Å². The second-order valence-electron chi connectivity index (χ2n) is 4.25. The molecular formula is C12H14ClNO4. The molecule has 0 aromatic heterocycles. The first-order valence-electron chi connectivity index (χ1n) is 5.56. The van der Waals surface area contributed by atoms with Crippen LogP contribution in [-0.4, -0.2) is 29.8 Å². The largest absolute Gasteiger partial charge is 0.504 e. The molecule has 3 N–H and O–H groups in total. The Morgan fingerprint density at radius 3 is 2.83 bits per heavy atom. The minimum Gasteiger partial charge on any atom is -0.504 e. The van der Waals surface area contributed by atoms with Crippen molar-refractivity contribution >= 4 is 17.6 Å². The molecule has 1 aromatic rings. The standard InChI is InChI=1S/C12H14ClNO4/c1-18-11-9(15)3-2-7(13)10(11)8-4-6(5-14-8)12(16)17/h2-3,6,8,14-15H,4-5H2,1H3,(H,16,17). The molecule has 2 rings (SSSR count). The normalized spacial score (nSPS) is 23.0. The number of carboxylic acids is 1. The van der Waals surface area contributed by atoms with Crippen LogP contribution >= 0.6 is 11.6 Å². The van der Waals surface area contributed by atoms with Crippen molar-refractivity contribution in [2.45, 2.75) is 12.5 Å². The van der Waals surface area contributed by atoms with E-state index >= 15 is 0 Å². The van der Waals surface area contributed by atoms with Crippen LogP contribution < -0.4 is 10.1 Å². The number of hydrogen-bond acceptors (Lipinski definition) is 4. The van der Waals surface area contributed by atoms with E-state index in [1.165, 1.54) is 13.2 Å². The number of halogens is 1. The van der Waals surface area contributed by atoms with Gasteiger partial charge >= 0.3 is 5.97 Å². The molecule has 0 spiro atoms. The molecule has 98 valence electrons. The minimum atomic E-state index is -0.833. The molecule has 1 aromatic carbocycles. The number of hydrogen-bond donors (Lipinski definition) is 3. The van der Waals surface area contributed by atoms with Gasteiger partial charge in [-0.3, -0.25) is 4.79 Å². The third-order valence-corrected chi connectivity index (χ3v) is 3.48. The maximum absolute atomic E-state index is 10.9. The van der Waals surface area contributed by atoms with Crippen LogP contribution in [0.3, 0.4) is 0 Å². The summed E-state index contributed by atoms with van der Waals surface area (Å²) in [7, 11) is 1.44. The molecule has 1 fully saturated rings. The number of rotatable bonds is 3. The van der Waals surface area contributed by atoms with E-state index in [4.69, 9.17) is 21.4 Å². The highest BCUT2D eigenvalue weighted by Gasteiger charge is 2.33. The average Bonchev–Trinajstić information content (AvgIpc) is 2.81. The number of carbonyl (C=O) groups is 1. The van der Waals surface area contributed by atoms with E-state index < -0.39 is 11.9 Å². The smallest absolute Gasteiger partial charge is 0.307 e. The fraction of sp³-hybridized carbons (Fsp3) is 0.417. The summed E-state index contributed by atoms with van der Waals surface area (Å²) in [6, 6.07) is 2.80. The zero-order chi connectivity index (χ0) is 13.3. The highest BCUT2D eigenvalue weighted by atomic mass is 35.5. The molecular weight excluding hydrogens is 258 g/mol. The van der Waals surface area contributed by atoms with Crippen LogP contribution in [0.4, 0.5) is 0 Å². The maximum Gasteiger partial charge on any atom is 0.307 e. The molecule has 2 unspecified atom stereocenters. The fourth-order valence-corrected chi connectivity index (χ4v) is 2.53. The molecule has 0 bridgehead atoms. The number of aromatic hydroxyl groups is 1. The van der Waals surface area contributed by atoms with Crippen molar-refractivity contribution in [3.05, 3.63) is 22.7 Å². The zero-order valence-electron chi connectivity index (χ0n) is 9.81. The lowest BCUT2D eigenvalue weighted by molar-refractivity contribution is -0.141. The number of phenolic OH excluding ortho intramolecular Hbond substituents is 1. The Kier molecular flexibility index (Phi) is 3.63. The molecule has 0 amide bonds. The van der Waals surface area contributed by atoms with Gasteiger partial charge in [0.1, 0.15) is 0 Å². The van der Waals surface area contributed by atoms with Gasteiger partial charge in [0, 0.05) is 23.2 Å². The predicted octanol–water partition coefficient (Wildman–Crippen LogP) is 1.79. The second kappa shape index (κ2) is 5.04. The van der Waals surface area contributed by atoms with E-state index in [0.29, 0.717) is 29.3 Å². The Morgan fingerprint density at radius 1 is 1.56 bits per heavy atom. The Bertz CT molecular complexity index is 477. The van der Waals surface area contributed by atoms with Crippen LogP contribution in [-0.2, 0) is 4.79 Å². The number of phenols is 1. The van der Waals surface area contributed by atoms with E-state index in [-0.39, 0.29) is 11.8 Å². The molecule has 0 aliphatic carbocycles. The summed E-state index contributed by atoms with van der Waals surface area (Å²) in [6.45, 7) is 0.384. The van der Waals surface area contributed by atoms with Gasteiger partial charge in [-0.25, -0.2) is 0 Å². The van der Waals surface area contributed by atoms with Crippen molar-refractivity contribution in [1.29, 1.82) is 0 Å². The summed E-state index contributed by atoms with van der Waals surface area (Å²) in [5.74, 6) is -0.984. The lowest BCUT2D eigenvalue weighted by Crippen LogP contribution is -2.17. The van der Waals surface area contributed by atoms with Gasteiger partial charge in [-0.15, -0.1) is 0 Å². The number of ether oxygens (including phenoxy) is 1. The van der Waals surface area contributed by atoms with Gasteiger partial charge in [-0.05, 0) is 18.6 Å². The number of methoxy groups -OCH3 is 1.